The molecule has 5 rings (SSSR count). The van der Waals surface area contributed by atoms with E-state index >= 15 is 0 Å². The molecule has 0 radical (unpaired) electrons. The van der Waals surface area contributed by atoms with Gasteiger partial charge in [-0.2, -0.15) is 0 Å². The minimum absolute atomic E-state index is 0.0475. The number of ketones is 1. The fourth-order valence-corrected chi connectivity index (χ4v) is 4.84. The lowest BCUT2D eigenvalue weighted by Gasteiger charge is -2.16. The van der Waals surface area contributed by atoms with Crippen LogP contribution in [0.3, 0.4) is 0 Å². The van der Waals surface area contributed by atoms with Crippen LogP contribution in [0.15, 0.2) is 65.0 Å². The van der Waals surface area contributed by atoms with E-state index in [0.717, 1.165) is 6.42 Å². The van der Waals surface area contributed by atoms with Crippen molar-refractivity contribution in [3.63, 3.8) is 0 Å². The maximum absolute atomic E-state index is 13.3. The molecule has 2 aromatic heterocycles. The number of Topliss-reactive ketones (excluding diaryl/α,β-unsaturated/α-hetero) is 1. The van der Waals surface area contributed by atoms with Crippen molar-refractivity contribution in [3.8, 4) is 11.1 Å². The van der Waals surface area contributed by atoms with Gasteiger partial charge < -0.3 is 4.90 Å². The molecule has 0 aliphatic carbocycles. The Balaban J connectivity index is 1.47. The van der Waals surface area contributed by atoms with E-state index in [1.54, 1.807) is 41.3 Å². The van der Waals surface area contributed by atoms with E-state index in [4.69, 9.17) is 0 Å². The molecule has 0 spiro atoms. The van der Waals surface area contributed by atoms with Gasteiger partial charge in [0, 0.05) is 35.2 Å². The van der Waals surface area contributed by atoms with Gasteiger partial charge in [-0.05, 0) is 36.2 Å². The van der Waals surface area contributed by atoms with Crippen LogP contribution < -0.4 is 10.5 Å². The first-order chi connectivity index (χ1) is 15.5. The molecule has 0 bridgehead atoms. The molecule has 32 heavy (non-hydrogen) atoms. The fraction of sp³-hybridized carbons (Fsp3) is 0.167. The van der Waals surface area contributed by atoms with Gasteiger partial charge >= 0.3 is 0 Å². The van der Waals surface area contributed by atoms with E-state index < -0.39 is 0 Å². The molecule has 1 aliphatic heterocycles. The minimum atomic E-state index is -0.354. The van der Waals surface area contributed by atoms with Crippen molar-refractivity contribution in [2.45, 2.75) is 19.4 Å². The highest BCUT2D eigenvalue weighted by molar-refractivity contribution is 7.17. The second kappa shape index (κ2) is 8.12. The predicted molar refractivity (Wildman–Crippen MR) is 122 cm³/mol. The molecule has 0 saturated carbocycles. The molecule has 6 nitrogen and oxygen atoms in total. The van der Waals surface area contributed by atoms with E-state index in [9.17, 15) is 18.8 Å². The van der Waals surface area contributed by atoms with E-state index in [1.165, 1.54) is 34.4 Å². The molecule has 1 fully saturated rings. The largest absolute Gasteiger partial charge is 0.312 e. The third-order valence-corrected chi connectivity index (χ3v) is 6.47. The summed E-state index contributed by atoms with van der Waals surface area (Å²) in [7, 11) is 0. The summed E-state index contributed by atoms with van der Waals surface area (Å²) in [6, 6.07) is 12.8. The molecule has 4 aromatic rings. The van der Waals surface area contributed by atoms with Gasteiger partial charge in [0.05, 0.1) is 18.3 Å². The number of hydrogen-bond acceptors (Lipinski definition) is 5. The van der Waals surface area contributed by atoms with Crippen molar-refractivity contribution >= 4 is 38.9 Å². The zero-order chi connectivity index (χ0) is 22.2. The van der Waals surface area contributed by atoms with Crippen LogP contribution in [0.1, 0.15) is 23.2 Å². The van der Waals surface area contributed by atoms with Gasteiger partial charge in [-0.1, -0.05) is 24.3 Å². The second-order valence-corrected chi connectivity index (χ2v) is 8.49. The van der Waals surface area contributed by atoms with Crippen LogP contribution in [0.2, 0.25) is 0 Å². The Hall–Kier alpha value is -3.65. The van der Waals surface area contributed by atoms with E-state index in [-0.39, 0.29) is 29.6 Å². The molecule has 0 unspecified atom stereocenters. The Morgan fingerprint density at radius 1 is 1.12 bits per heavy atom. The van der Waals surface area contributed by atoms with Crippen LogP contribution in [0.25, 0.3) is 21.3 Å². The topological polar surface area (TPSA) is 72.3 Å². The summed E-state index contributed by atoms with van der Waals surface area (Å²) < 4.78 is 14.6. The second-order valence-electron chi connectivity index (χ2n) is 7.64. The Bertz CT molecular complexity index is 1410. The summed E-state index contributed by atoms with van der Waals surface area (Å²) in [5.41, 5.74) is 2.17. The molecular weight excluding hydrogens is 429 g/mol. The van der Waals surface area contributed by atoms with Crippen molar-refractivity contribution in [1.82, 2.24) is 9.55 Å². The molecule has 2 aromatic carbocycles. The summed E-state index contributed by atoms with van der Waals surface area (Å²) in [6.45, 7) is 0.471. The van der Waals surface area contributed by atoms with E-state index in [1.807, 2.05) is 5.38 Å². The summed E-state index contributed by atoms with van der Waals surface area (Å²) in [4.78, 5) is 44.7. The van der Waals surface area contributed by atoms with Crippen molar-refractivity contribution in [2.24, 2.45) is 0 Å². The number of benzene rings is 2. The van der Waals surface area contributed by atoms with Gasteiger partial charge in [-0.25, -0.2) is 9.37 Å². The summed E-state index contributed by atoms with van der Waals surface area (Å²) in [5, 5.41) is 2.22. The number of anilines is 1. The maximum Gasteiger partial charge on any atom is 0.263 e. The molecule has 160 valence electrons. The third-order valence-electron chi connectivity index (χ3n) is 5.58. The molecule has 0 N–H and O–H groups in total. The summed E-state index contributed by atoms with van der Waals surface area (Å²) in [6.07, 6.45) is 2.69. The number of rotatable bonds is 5. The van der Waals surface area contributed by atoms with Gasteiger partial charge in [0.1, 0.15) is 10.6 Å². The third kappa shape index (κ3) is 3.62. The first kappa shape index (κ1) is 20.3. The number of halogens is 1. The van der Waals surface area contributed by atoms with E-state index in [2.05, 4.69) is 4.98 Å². The van der Waals surface area contributed by atoms with Crippen LogP contribution in [0.5, 0.6) is 0 Å². The van der Waals surface area contributed by atoms with Crippen molar-refractivity contribution < 1.29 is 14.0 Å². The predicted octanol–water partition coefficient (Wildman–Crippen LogP) is 4.27. The number of fused-ring (bicyclic) bond motifs is 1. The number of thiophene rings is 1. The number of carbonyl (C=O) groups is 2. The number of amides is 1. The monoisotopic (exact) mass is 447 g/mol. The van der Waals surface area contributed by atoms with Crippen molar-refractivity contribution in [3.05, 3.63) is 82.0 Å². The van der Waals surface area contributed by atoms with Crippen molar-refractivity contribution in [1.29, 1.82) is 0 Å². The first-order valence-corrected chi connectivity index (χ1v) is 11.1. The van der Waals surface area contributed by atoms with Gasteiger partial charge in [0.25, 0.3) is 5.56 Å². The SMILES string of the molecule is O=C(Cn1cnc2scc(-c3ccc(F)cc3)c2c1=O)c1cccc(N2CCCC2=O)c1. The lowest BCUT2D eigenvalue weighted by atomic mass is 10.1. The molecular formula is C24H18FN3O3S. The lowest BCUT2D eigenvalue weighted by molar-refractivity contribution is -0.117. The van der Waals surface area contributed by atoms with E-state index in [0.29, 0.717) is 45.6 Å². The highest BCUT2D eigenvalue weighted by Gasteiger charge is 2.22. The van der Waals surface area contributed by atoms with Crippen LogP contribution in [-0.2, 0) is 11.3 Å². The Kier molecular flexibility index (Phi) is 5.14. The van der Waals surface area contributed by atoms with Crippen LogP contribution in [0.4, 0.5) is 10.1 Å². The van der Waals surface area contributed by atoms with Crippen LogP contribution in [0, 0.1) is 5.82 Å². The minimum Gasteiger partial charge on any atom is -0.312 e. The number of carbonyl (C=O) groups excluding carboxylic acids is 2. The highest BCUT2D eigenvalue weighted by atomic mass is 32.1. The average Bonchev–Trinajstić information content (AvgIpc) is 3.43. The Morgan fingerprint density at radius 2 is 1.94 bits per heavy atom. The van der Waals surface area contributed by atoms with Crippen LogP contribution >= 0.6 is 11.3 Å². The first-order valence-electron chi connectivity index (χ1n) is 10.2. The zero-order valence-corrected chi connectivity index (χ0v) is 17.8. The summed E-state index contributed by atoms with van der Waals surface area (Å²) in [5.74, 6) is -0.557. The van der Waals surface area contributed by atoms with Gasteiger partial charge in [-0.3, -0.25) is 19.0 Å². The standard InChI is InChI=1S/C24H18FN3O3S/c25-17-8-6-15(7-9-17)19-13-32-23-22(19)24(31)27(14-26-23)12-20(29)16-3-1-4-18(11-16)28-10-2-5-21(28)30/h1,3-4,6-9,11,13-14H,2,5,10,12H2. The normalized spacial score (nSPS) is 13.8. The van der Waals surface area contributed by atoms with Gasteiger partial charge in [0.2, 0.25) is 5.91 Å². The summed E-state index contributed by atoms with van der Waals surface area (Å²) >= 11 is 1.33. The van der Waals surface area contributed by atoms with Gasteiger partial charge in [-0.15, -0.1) is 11.3 Å². The zero-order valence-electron chi connectivity index (χ0n) is 17.0. The number of nitrogens with zero attached hydrogens (tertiary/aromatic N) is 3. The molecule has 1 amide bonds. The Morgan fingerprint density at radius 3 is 2.69 bits per heavy atom. The molecule has 1 saturated heterocycles. The van der Waals surface area contributed by atoms with Crippen molar-refractivity contribution in [2.75, 3.05) is 11.4 Å². The smallest absolute Gasteiger partial charge is 0.263 e. The molecule has 3 heterocycles. The molecule has 1 aliphatic rings. The quantitative estimate of drug-likeness (QED) is 0.428. The number of aromatic nitrogens is 2. The van der Waals surface area contributed by atoms with Gasteiger partial charge in [0.15, 0.2) is 5.78 Å². The number of hydrogen-bond donors (Lipinski definition) is 0. The maximum atomic E-state index is 13.3. The lowest BCUT2D eigenvalue weighted by Crippen LogP contribution is -2.25. The molecule has 8 heteroatoms. The fourth-order valence-electron chi connectivity index (χ4n) is 3.94. The average molecular weight is 447 g/mol. The molecule has 0 atom stereocenters. The Labute approximate surface area is 186 Å². The highest BCUT2D eigenvalue weighted by Crippen LogP contribution is 2.30. The van der Waals surface area contributed by atoms with Crippen LogP contribution in [-0.4, -0.2) is 27.8 Å².